The zero-order valence-corrected chi connectivity index (χ0v) is 17.8. The number of rotatable bonds is 4. The van der Waals surface area contributed by atoms with Crippen LogP contribution in [0.1, 0.15) is 16.7 Å². The highest BCUT2D eigenvalue weighted by atomic mass is 32.2. The smallest absolute Gasteiger partial charge is 0.298 e. The SMILES string of the molecule is Cc1ccc(Cn2cc(/C=C3\SC(=O)N(c4ccccc4)C3=O)c3ccccc32)cc1. The minimum atomic E-state index is -0.281. The van der Waals surface area contributed by atoms with Gasteiger partial charge in [0.05, 0.1) is 10.6 Å². The van der Waals surface area contributed by atoms with Gasteiger partial charge in [-0.15, -0.1) is 0 Å². The van der Waals surface area contributed by atoms with Gasteiger partial charge < -0.3 is 4.57 Å². The first-order valence-electron chi connectivity index (χ1n) is 10.1. The van der Waals surface area contributed by atoms with E-state index < -0.39 is 0 Å². The van der Waals surface area contributed by atoms with Gasteiger partial charge in [0.2, 0.25) is 0 Å². The lowest BCUT2D eigenvalue weighted by atomic mass is 10.1. The number of amides is 2. The van der Waals surface area contributed by atoms with Crippen molar-refractivity contribution in [3.63, 3.8) is 0 Å². The summed E-state index contributed by atoms with van der Waals surface area (Å²) in [5.74, 6) is -0.281. The number of fused-ring (bicyclic) bond motifs is 1. The molecule has 0 N–H and O–H groups in total. The van der Waals surface area contributed by atoms with Crippen molar-refractivity contribution < 1.29 is 9.59 Å². The van der Waals surface area contributed by atoms with Crippen molar-refractivity contribution in [2.24, 2.45) is 0 Å². The van der Waals surface area contributed by atoms with Gasteiger partial charge in [-0.25, -0.2) is 4.90 Å². The van der Waals surface area contributed by atoms with Crippen LogP contribution in [0.4, 0.5) is 10.5 Å². The maximum atomic E-state index is 13.0. The summed E-state index contributed by atoms with van der Waals surface area (Å²) in [4.78, 5) is 27.2. The molecule has 5 heteroatoms. The van der Waals surface area contributed by atoms with Gasteiger partial charge in [-0.2, -0.15) is 0 Å². The van der Waals surface area contributed by atoms with E-state index in [4.69, 9.17) is 0 Å². The lowest BCUT2D eigenvalue weighted by Gasteiger charge is -2.11. The Morgan fingerprint density at radius 3 is 2.35 bits per heavy atom. The number of hydrogen-bond donors (Lipinski definition) is 0. The minimum absolute atomic E-state index is 0.272. The Bertz CT molecular complexity index is 1320. The lowest BCUT2D eigenvalue weighted by Crippen LogP contribution is -2.27. The average molecular weight is 425 g/mol. The zero-order chi connectivity index (χ0) is 21.4. The fourth-order valence-corrected chi connectivity index (χ4v) is 4.65. The monoisotopic (exact) mass is 424 g/mol. The summed E-state index contributed by atoms with van der Waals surface area (Å²) in [7, 11) is 0. The molecule has 1 fully saturated rings. The Labute approximate surface area is 184 Å². The predicted octanol–water partition coefficient (Wildman–Crippen LogP) is 6.24. The molecule has 0 spiro atoms. The topological polar surface area (TPSA) is 42.3 Å². The number of imide groups is 1. The van der Waals surface area contributed by atoms with Crippen molar-refractivity contribution in [1.82, 2.24) is 4.57 Å². The molecule has 31 heavy (non-hydrogen) atoms. The van der Waals surface area contributed by atoms with Gasteiger partial charge in [0.25, 0.3) is 11.1 Å². The minimum Gasteiger partial charge on any atom is -0.342 e. The highest BCUT2D eigenvalue weighted by Gasteiger charge is 2.36. The molecule has 4 aromatic rings. The Balaban J connectivity index is 1.52. The van der Waals surface area contributed by atoms with Gasteiger partial charge in [0.1, 0.15) is 0 Å². The quantitative estimate of drug-likeness (QED) is 0.364. The number of aryl methyl sites for hydroxylation is 1. The Hall–Kier alpha value is -3.57. The molecular weight excluding hydrogens is 404 g/mol. The summed E-state index contributed by atoms with van der Waals surface area (Å²) in [6, 6.07) is 25.7. The maximum absolute atomic E-state index is 13.0. The van der Waals surface area contributed by atoms with Crippen molar-refractivity contribution in [2.45, 2.75) is 13.5 Å². The Morgan fingerprint density at radius 2 is 1.58 bits per heavy atom. The molecule has 4 nitrogen and oxygen atoms in total. The number of hydrogen-bond acceptors (Lipinski definition) is 3. The normalized spacial score (nSPS) is 15.4. The molecule has 0 radical (unpaired) electrons. The van der Waals surface area contributed by atoms with Crippen molar-refractivity contribution in [3.05, 3.63) is 107 Å². The molecule has 3 aromatic carbocycles. The van der Waals surface area contributed by atoms with Crippen LogP contribution in [0.25, 0.3) is 17.0 Å². The zero-order valence-electron chi connectivity index (χ0n) is 17.0. The molecule has 0 aliphatic carbocycles. The number of para-hydroxylation sites is 2. The first kappa shape index (κ1) is 19.4. The van der Waals surface area contributed by atoms with Gasteiger partial charge in [-0.05, 0) is 48.5 Å². The summed E-state index contributed by atoms with van der Waals surface area (Å²) in [5, 5.41) is 0.784. The van der Waals surface area contributed by atoms with E-state index in [2.05, 4.69) is 48.0 Å². The number of anilines is 1. The van der Waals surface area contributed by atoms with Crippen LogP contribution >= 0.6 is 11.8 Å². The summed E-state index contributed by atoms with van der Waals surface area (Å²) in [6.45, 7) is 2.82. The second-order valence-electron chi connectivity index (χ2n) is 7.57. The van der Waals surface area contributed by atoms with Crippen molar-refractivity contribution in [2.75, 3.05) is 4.90 Å². The number of aromatic nitrogens is 1. The van der Waals surface area contributed by atoms with E-state index in [9.17, 15) is 9.59 Å². The van der Waals surface area contributed by atoms with Gasteiger partial charge in [0.15, 0.2) is 0 Å². The first-order valence-corrected chi connectivity index (χ1v) is 10.9. The van der Waals surface area contributed by atoms with Crippen LogP contribution in [0.2, 0.25) is 0 Å². The van der Waals surface area contributed by atoms with Crippen molar-refractivity contribution >= 4 is 45.6 Å². The van der Waals surface area contributed by atoms with Gasteiger partial charge in [0, 0.05) is 29.2 Å². The van der Waals surface area contributed by atoms with E-state index in [1.54, 1.807) is 12.1 Å². The van der Waals surface area contributed by atoms with Crippen LogP contribution in [0, 0.1) is 6.92 Å². The standard InChI is InChI=1S/C26H20N2O2S/c1-18-11-13-19(14-12-18)16-27-17-20(22-9-5-6-10-23(22)27)15-24-25(29)28(26(30)31-24)21-7-3-2-4-8-21/h2-15,17H,16H2,1H3/b24-15-. The summed E-state index contributed by atoms with van der Waals surface area (Å²) < 4.78 is 2.19. The predicted molar refractivity (Wildman–Crippen MR) is 127 cm³/mol. The third kappa shape index (κ3) is 3.68. The second-order valence-corrected chi connectivity index (χ2v) is 8.56. The Morgan fingerprint density at radius 1 is 0.871 bits per heavy atom. The molecule has 1 aliphatic heterocycles. The highest BCUT2D eigenvalue weighted by molar-refractivity contribution is 8.19. The molecule has 2 heterocycles. The molecule has 5 rings (SSSR count). The van der Waals surface area contributed by atoms with Crippen LogP contribution in [0.15, 0.2) is 90.0 Å². The molecule has 0 bridgehead atoms. The fourth-order valence-electron chi connectivity index (χ4n) is 3.82. The largest absolute Gasteiger partial charge is 0.342 e. The molecule has 0 saturated carbocycles. The lowest BCUT2D eigenvalue weighted by molar-refractivity contribution is -0.113. The first-order chi connectivity index (χ1) is 15.1. The van der Waals surface area contributed by atoms with E-state index in [0.717, 1.165) is 34.8 Å². The van der Waals surface area contributed by atoms with Crippen LogP contribution in [0.5, 0.6) is 0 Å². The number of carbonyl (C=O) groups excluding carboxylic acids is 2. The molecular formula is C26H20N2O2S. The van der Waals surface area contributed by atoms with Crippen molar-refractivity contribution in [1.29, 1.82) is 0 Å². The van der Waals surface area contributed by atoms with E-state index >= 15 is 0 Å². The van der Waals surface area contributed by atoms with E-state index in [1.165, 1.54) is 16.0 Å². The van der Waals surface area contributed by atoms with E-state index in [-0.39, 0.29) is 11.1 Å². The van der Waals surface area contributed by atoms with Gasteiger partial charge in [-0.3, -0.25) is 9.59 Å². The fraction of sp³-hybridized carbons (Fsp3) is 0.0769. The van der Waals surface area contributed by atoms with Gasteiger partial charge in [-0.1, -0.05) is 66.2 Å². The summed E-state index contributed by atoms with van der Waals surface area (Å²) in [5.41, 5.74) is 5.06. The van der Waals surface area contributed by atoms with Crippen LogP contribution in [-0.2, 0) is 11.3 Å². The molecule has 0 atom stereocenters. The van der Waals surface area contributed by atoms with Gasteiger partial charge >= 0.3 is 0 Å². The van der Waals surface area contributed by atoms with E-state index in [1.807, 2.05) is 42.5 Å². The number of benzene rings is 3. The number of carbonyl (C=O) groups is 2. The number of nitrogens with zero attached hydrogens (tertiary/aromatic N) is 2. The second kappa shape index (κ2) is 7.93. The molecule has 1 aliphatic rings. The van der Waals surface area contributed by atoms with Crippen LogP contribution in [-0.4, -0.2) is 15.7 Å². The molecule has 2 amide bonds. The molecule has 152 valence electrons. The molecule has 1 saturated heterocycles. The molecule has 0 unspecified atom stereocenters. The maximum Gasteiger partial charge on any atom is 0.298 e. The van der Waals surface area contributed by atoms with E-state index in [0.29, 0.717) is 10.6 Å². The number of thioether (sulfide) groups is 1. The summed E-state index contributed by atoms with van der Waals surface area (Å²) >= 11 is 0.984. The van der Waals surface area contributed by atoms with Crippen molar-refractivity contribution in [3.8, 4) is 0 Å². The third-order valence-corrected chi connectivity index (χ3v) is 6.26. The molecule has 1 aromatic heterocycles. The average Bonchev–Trinajstić information content (AvgIpc) is 3.27. The third-order valence-electron chi connectivity index (χ3n) is 5.39. The summed E-state index contributed by atoms with van der Waals surface area (Å²) in [6.07, 6.45) is 3.89. The van der Waals surface area contributed by atoms with Crippen LogP contribution in [0.3, 0.4) is 0 Å². The van der Waals surface area contributed by atoms with Crippen LogP contribution < -0.4 is 4.90 Å². The Kier molecular flexibility index (Phi) is 4.96. The highest BCUT2D eigenvalue weighted by Crippen LogP contribution is 2.36.